The summed E-state index contributed by atoms with van der Waals surface area (Å²) in [7, 11) is 1.65. The first kappa shape index (κ1) is 12.7. The van der Waals surface area contributed by atoms with Gasteiger partial charge in [0.25, 0.3) is 0 Å². The third-order valence-corrected chi connectivity index (χ3v) is 1.52. The van der Waals surface area contributed by atoms with Gasteiger partial charge in [0.15, 0.2) is 0 Å². The van der Waals surface area contributed by atoms with Gasteiger partial charge in [-0.25, -0.2) is 0 Å². The minimum atomic E-state index is -0.316. The molecule has 0 atom stereocenters. The third-order valence-electron chi connectivity index (χ3n) is 1.26. The van der Waals surface area contributed by atoms with Crippen molar-refractivity contribution in [2.24, 2.45) is 0 Å². The molecule has 5 heteroatoms. The van der Waals surface area contributed by atoms with Crippen molar-refractivity contribution in [3.05, 3.63) is 0 Å². The molecule has 0 aromatic rings. The maximum Gasteiger partial charge on any atom is 0.315 e. The minimum absolute atomic E-state index is 0.115. The highest BCUT2D eigenvalue weighted by Gasteiger charge is 1.97. The topological polar surface area (TPSA) is 44.8 Å². The number of ether oxygens (including phenoxy) is 3. The molecular weight excluding hydrogens is 192 g/mol. The Morgan fingerprint density at radius 3 is 2.62 bits per heavy atom. The Balaban J connectivity index is 2.95. The van der Waals surface area contributed by atoms with Crippen LogP contribution in [0.5, 0.6) is 0 Å². The molecule has 4 nitrogen and oxygen atoms in total. The van der Waals surface area contributed by atoms with Crippen molar-refractivity contribution in [2.75, 3.05) is 39.3 Å². The van der Waals surface area contributed by atoms with E-state index in [4.69, 9.17) is 14.2 Å². The zero-order valence-corrected chi connectivity index (χ0v) is 8.72. The second kappa shape index (κ2) is 9.83. The Morgan fingerprint density at radius 2 is 2.00 bits per heavy atom. The summed E-state index contributed by atoms with van der Waals surface area (Å²) in [6.07, 6.45) is 0.858. The highest BCUT2D eigenvalue weighted by atomic mass is 32.1. The lowest BCUT2D eigenvalue weighted by molar-refractivity contribution is -0.141. The predicted molar refractivity (Wildman–Crippen MR) is 52.1 cm³/mol. The van der Waals surface area contributed by atoms with Crippen molar-refractivity contribution in [1.82, 2.24) is 0 Å². The van der Waals surface area contributed by atoms with E-state index in [1.54, 1.807) is 7.11 Å². The van der Waals surface area contributed by atoms with Crippen LogP contribution in [-0.2, 0) is 19.0 Å². The zero-order valence-electron chi connectivity index (χ0n) is 7.82. The quantitative estimate of drug-likeness (QED) is 0.359. The Kier molecular flexibility index (Phi) is 9.63. The van der Waals surface area contributed by atoms with Crippen LogP contribution in [-0.4, -0.2) is 45.3 Å². The van der Waals surface area contributed by atoms with E-state index < -0.39 is 0 Å². The molecule has 0 aliphatic heterocycles. The molecule has 0 rings (SSSR count). The van der Waals surface area contributed by atoms with Gasteiger partial charge in [0.1, 0.15) is 6.61 Å². The molecule has 0 fully saturated rings. The van der Waals surface area contributed by atoms with Crippen LogP contribution in [0.3, 0.4) is 0 Å². The van der Waals surface area contributed by atoms with Crippen LogP contribution in [0.1, 0.15) is 6.42 Å². The van der Waals surface area contributed by atoms with Crippen LogP contribution in [0.2, 0.25) is 0 Å². The van der Waals surface area contributed by atoms with Gasteiger partial charge >= 0.3 is 5.97 Å². The molecule has 78 valence electrons. The van der Waals surface area contributed by atoms with Crippen molar-refractivity contribution in [3.63, 3.8) is 0 Å². The number of thiol groups is 1. The van der Waals surface area contributed by atoms with E-state index in [2.05, 4.69) is 12.6 Å². The highest BCUT2D eigenvalue weighted by Crippen LogP contribution is 1.86. The minimum Gasteiger partial charge on any atom is -0.463 e. The number of methoxy groups -OCH3 is 1. The number of esters is 1. The van der Waals surface area contributed by atoms with Crippen LogP contribution in [0.25, 0.3) is 0 Å². The molecule has 0 saturated heterocycles. The van der Waals surface area contributed by atoms with Crippen molar-refractivity contribution in [2.45, 2.75) is 6.42 Å². The number of rotatable bonds is 8. The first-order valence-corrected chi connectivity index (χ1v) is 4.77. The number of carbonyl (C=O) groups is 1. The van der Waals surface area contributed by atoms with E-state index in [0.717, 1.165) is 6.42 Å². The number of hydrogen-bond donors (Lipinski definition) is 1. The van der Waals surface area contributed by atoms with Crippen LogP contribution in [0, 0.1) is 0 Å². The second-order valence-corrected chi connectivity index (χ2v) is 2.65. The van der Waals surface area contributed by atoms with Gasteiger partial charge in [0.05, 0.1) is 12.4 Å². The molecule has 0 bridgehead atoms. The Morgan fingerprint density at radius 1 is 1.23 bits per heavy atom. The fourth-order valence-electron chi connectivity index (χ4n) is 0.667. The molecule has 13 heavy (non-hydrogen) atoms. The summed E-state index contributed by atoms with van der Waals surface area (Å²) < 4.78 is 14.7. The molecule has 0 aromatic heterocycles. The standard InChI is InChI=1S/C8H16O4S/c1-10-3-2-4-11-5-6-12-8(9)7-13/h13H,2-7H2,1H3. The average molecular weight is 208 g/mol. The summed E-state index contributed by atoms with van der Waals surface area (Å²) in [4.78, 5) is 10.6. The van der Waals surface area contributed by atoms with E-state index in [1.807, 2.05) is 0 Å². The third kappa shape index (κ3) is 9.66. The van der Waals surface area contributed by atoms with Gasteiger partial charge in [0.2, 0.25) is 0 Å². The molecule has 0 saturated carbocycles. The van der Waals surface area contributed by atoms with Crippen molar-refractivity contribution in [1.29, 1.82) is 0 Å². The first-order chi connectivity index (χ1) is 6.31. The maximum atomic E-state index is 10.6. The van der Waals surface area contributed by atoms with Crippen LogP contribution in [0.15, 0.2) is 0 Å². The monoisotopic (exact) mass is 208 g/mol. The van der Waals surface area contributed by atoms with E-state index in [-0.39, 0.29) is 11.7 Å². The molecule has 0 aromatic carbocycles. The lowest BCUT2D eigenvalue weighted by Crippen LogP contribution is -2.12. The molecule has 0 amide bonds. The second-order valence-electron chi connectivity index (χ2n) is 2.34. The number of hydrogen-bond acceptors (Lipinski definition) is 5. The van der Waals surface area contributed by atoms with Crippen LogP contribution in [0.4, 0.5) is 0 Å². The van der Waals surface area contributed by atoms with Crippen molar-refractivity contribution < 1.29 is 19.0 Å². The zero-order chi connectivity index (χ0) is 9.94. The van der Waals surface area contributed by atoms with Crippen molar-refractivity contribution in [3.8, 4) is 0 Å². The van der Waals surface area contributed by atoms with Crippen LogP contribution >= 0.6 is 12.6 Å². The van der Waals surface area contributed by atoms with Gasteiger partial charge in [-0.05, 0) is 6.42 Å². The summed E-state index contributed by atoms with van der Waals surface area (Å²) in [6, 6.07) is 0. The Bertz CT molecular complexity index is 129. The molecule has 0 spiro atoms. The Labute approximate surface area is 84.0 Å². The largest absolute Gasteiger partial charge is 0.463 e. The lowest BCUT2D eigenvalue weighted by atomic mass is 10.5. The molecule has 0 aliphatic carbocycles. The van der Waals surface area contributed by atoms with Gasteiger partial charge in [0, 0.05) is 20.3 Å². The summed E-state index contributed by atoms with van der Waals surface area (Å²) in [5, 5.41) is 0. The molecular formula is C8H16O4S. The van der Waals surface area contributed by atoms with Crippen LogP contribution < -0.4 is 0 Å². The normalized spacial score (nSPS) is 10.0. The maximum absolute atomic E-state index is 10.6. The van der Waals surface area contributed by atoms with Gasteiger partial charge in [-0.2, -0.15) is 12.6 Å². The van der Waals surface area contributed by atoms with E-state index in [0.29, 0.717) is 26.4 Å². The SMILES string of the molecule is COCCCOCCOC(=O)CS. The average Bonchev–Trinajstić information content (AvgIpc) is 2.16. The lowest BCUT2D eigenvalue weighted by Gasteiger charge is -2.04. The molecule has 0 radical (unpaired) electrons. The molecule has 0 heterocycles. The van der Waals surface area contributed by atoms with Gasteiger partial charge in [-0.3, -0.25) is 4.79 Å². The summed E-state index contributed by atoms with van der Waals surface area (Å²) in [6.45, 7) is 2.05. The molecule has 0 aliphatic rings. The number of carbonyl (C=O) groups excluding carboxylic acids is 1. The van der Waals surface area contributed by atoms with E-state index >= 15 is 0 Å². The fraction of sp³-hybridized carbons (Fsp3) is 0.875. The molecule has 0 unspecified atom stereocenters. The van der Waals surface area contributed by atoms with Gasteiger partial charge in [-0.15, -0.1) is 0 Å². The fourth-order valence-corrected chi connectivity index (χ4v) is 0.759. The van der Waals surface area contributed by atoms with Crippen molar-refractivity contribution >= 4 is 18.6 Å². The smallest absolute Gasteiger partial charge is 0.315 e. The Hall–Kier alpha value is -0.260. The van der Waals surface area contributed by atoms with Gasteiger partial charge in [-0.1, -0.05) is 0 Å². The van der Waals surface area contributed by atoms with E-state index in [9.17, 15) is 4.79 Å². The van der Waals surface area contributed by atoms with E-state index in [1.165, 1.54) is 0 Å². The molecule has 0 N–H and O–H groups in total. The summed E-state index contributed by atoms with van der Waals surface area (Å²) in [5.41, 5.74) is 0. The summed E-state index contributed by atoms with van der Waals surface area (Å²) >= 11 is 3.75. The highest BCUT2D eigenvalue weighted by molar-refractivity contribution is 7.81. The van der Waals surface area contributed by atoms with Gasteiger partial charge < -0.3 is 14.2 Å². The predicted octanol–water partition coefficient (Wildman–Crippen LogP) is 0.512. The first-order valence-electron chi connectivity index (χ1n) is 4.14. The summed E-state index contributed by atoms with van der Waals surface area (Å²) in [5.74, 6) is -0.201.